The van der Waals surface area contributed by atoms with Gasteiger partial charge < -0.3 is 5.11 Å². The van der Waals surface area contributed by atoms with Gasteiger partial charge in [-0.1, -0.05) is 36.1 Å². The fourth-order valence-corrected chi connectivity index (χ4v) is 1.21. The van der Waals surface area contributed by atoms with Gasteiger partial charge in [-0.2, -0.15) is 0 Å². The van der Waals surface area contributed by atoms with E-state index in [1.807, 2.05) is 32.0 Å². The Labute approximate surface area is 74.8 Å². The summed E-state index contributed by atoms with van der Waals surface area (Å²) in [6.07, 6.45) is 0.276. The summed E-state index contributed by atoms with van der Waals surface area (Å²) >= 11 is 0. The molecule has 0 aliphatic rings. The number of aliphatic hydroxyl groups is 1. The van der Waals surface area contributed by atoms with Gasteiger partial charge in [0.1, 0.15) is 7.85 Å². The highest BCUT2D eigenvalue weighted by Crippen LogP contribution is 2.13. The minimum absolute atomic E-state index is 0.426. The van der Waals surface area contributed by atoms with Crippen LogP contribution in [0.25, 0.3) is 0 Å². The Morgan fingerprint density at radius 1 is 1.50 bits per heavy atom. The van der Waals surface area contributed by atoms with Gasteiger partial charge in [-0.3, -0.25) is 0 Å². The average molecular weight is 160 g/mol. The summed E-state index contributed by atoms with van der Waals surface area (Å²) in [7, 11) is 5.80. The SMILES string of the molecule is [B]c1c(C)cccc1[C@H](O)CC. The van der Waals surface area contributed by atoms with Crippen molar-refractivity contribution in [2.24, 2.45) is 0 Å². The van der Waals surface area contributed by atoms with Crippen molar-refractivity contribution in [3.63, 3.8) is 0 Å². The van der Waals surface area contributed by atoms with Crippen LogP contribution in [0.3, 0.4) is 0 Å². The average Bonchev–Trinajstić information content (AvgIpc) is 2.08. The Balaban J connectivity index is 3.07. The van der Waals surface area contributed by atoms with Crippen molar-refractivity contribution in [2.75, 3.05) is 0 Å². The topological polar surface area (TPSA) is 20.2 Å². The maximum Gasteiger partial charge on any atom is 0.114 e. The van der Waals surface area contributed by atoms with Crippen LogP contribution < -0.4 is 5.46 Å². The lowest BCUT2D eigenvalue weighted by Gasteiger charge is -2.13. The predicted molar refractivity (Wildman–Crippen MR) is 51.8 cm³/mol. The molecule has 0 fully saturated rings. The minimum atomic E-state index is -0.426. The molecule has 0 amide bonds. The minimum Gasteiger partial charge on any atom is -0.388 e. The maximum absolute atomic E-state index is 9.55. The van der Waals surface area contributed by atoms with Crippen LogP contribution in [0, 0.1) is 6.92 Å². The molecule has 0 saturated heterocycles. The number of aryl methyl sites for hydroxylation is 1. The third-order valence-electron chi connectivity index (χ3n) is 2.10. The Hall–Kier alpha value is -0.755. The molecule has 0 saturated carbocycles. The van der Waals surface area contributed by atoms with Crippen LogP contribution >= 0.6 is 0 Å². The van der Waals surface area contributed by atoms with E-state index >= 15 is 0 Å². The first-order valence-electron chi connectivity index (χ1n) is 4.19. The van der Waals surface area contributed by atoms with E-state index in [2.05, 4.69) is 0 Å². The largest absolute Gasteiger partial charge is 0.388 e. The Kier molecular flexibility index (Phi) is 2.93. The molecule has 0 unspecified atom stereocenters. The molecular formula is C10H13BO. The summed E-state index contributed by atoms with van der Waals surface area (Å²) in [4.78, 5) is 0. The van der Waals surface area contributed by atoms with Gasteiger partial charge in [0.2, 0.25) is 0 Å². The van der Waals surface area contributed by atoms with Crippen molar-refractivity contribution in [2.45, 2.75) is 26.4 Å². The Morgan fingerprint density at radius 2 is 2.17 bits per heavy atom. The molecule has 12 heavy (non-hydrogen) atoms. The molecule has 1 nitrogen and oxygen atoms in total. The zero-order chi connectivity index (χ0) is 9.14. The van der Waals surface area contributed by atoms with Crippen LogP contribution in [-0.4, -0.2) is 13.0 Å². The predicted octanol–water partition coefficient (Wildman–Crippen LogP) is 1.23. The van der Waals surface area contributed by atoms with Crippen molar-refractivity contribution in [3.8, 4) is 0 Å². The highest BCUT2D eigenvalue weighted by molar-refractivity contribution is 6.34. The molecule has 0 bridgehead atoms. The van der Waals surface area contributed by atoms with Crippen molar-refractivity contribution < 1.29 is 5.11 Å². The summed E-state index contributed by atoms with van der Waals surface area (Å²) in [5, 5.41) is 9.55. The van der Waals surface area contributed by atoms with Gasteiger partial charge in [-0.15, -0.1) is 0 Å². The van der Waals surface area contributed by atoms with Gasteiger partial charge >= 0.3 is 0 Å². The Bertz CT molecular complexity index is 271. The normalized spacial score (nSPS) is 12.9. The monoisotopic (exact) mass is 160 g/mol. The first-order chi connectivity index (χ1) is 5.66. The Morgan fingerprint density at radius 3 is 2.75 bits per heavy atom. The summed E-state index contributed by atoms with van der Waals surface area (Å²) in [5.74, 6) is 0. The van der Waals surface area contributed by atoms with Crippen LogP contribution in [0.1, 0.15) is 30.6 Å². The number of benzene rings is 1. The van der Waals surface area contributed by atoms with Gasteiger partial charge in [-0.25, -0.2) is 0 Å². The molecule has 0 aliphatic carbocycles. The highest BCUT2D eigenvalue weighted by atomic mass is 16.3. The van der Waals surface area contributed by atoms with Gasteiger partial charge in [0.05, 0.1) is 6.10 Å². The van der Waals surface area contributed by atoms with E-state index in [4.69, 9.17) is 7.85 Å². The quantitative estimate of drug-likeness (QED) is 0.645. The van der Waals surface area contributed by atoms with Crippen molar-refractivity contribution >= 4 is 13.3 Å². The lowest BCUT2D eigenvalue weighted by atomic mass is 9.84. The van der Waals surface area contributed by atoms with Crippen molar-refractivity contribution in [1.82, 2.24) is 0 Å². The molecule has 0 aliphatic heterocycles. The second kappa shape index (κ2) is 3.77. The van der Waals surface area contributed by atoms with Crippen molar-refractivity contribution in [3.05, 3.63) is 29.3 Å². The third-order valence-corrected chi connectivity index (χ3v) is 2.10. The smallest absolute Gasteiger partial charge is 0.114 e. The highest BCUT2D eigenvalue weighted by Gasteiger charge is 2.07. The molecule has 1 aromatic carbocycles. The van der Waals surface area contributed by atoms with E-state index in [9.17, 15) is 5.11 Å². The van der Waals surface area contributed by atoms with E-state index < -0.39 is 6.10 Å². The number of aliphatic hydroxyl groups excluding tert-OH is 1. The molecule has 1 N–H and O–H groups in total. The molecule has 1 atom stereocenters. The fourth-order valence-electron chi connectivity index (χ4n) is 1.21. The number of hydrogen-bond donors (Lipinski definition) is 1. The number of hydrogen-bond acceptors (Lipinski definition) is 1. The second-order valence-corrected chi connectivity index (χ2v) is 3.00. The molecule has 1 aromatic rings. The molecule has 0 aromatic heterocycles. The van der Waals surface area contributed by atoms with Crippen LogP contribution in [0.15, 0.2) is 18.2 Å². The third kappa shape index (κ3) is 1.70. The van der Waals surface area contributed by atoms with Crippen LogP contribution in [0.5, 0.6) is 0 Å². The second-order valence-electron chi connectivity index (χ2n) is 3.00. The summed E-state index contributed by atoms with van der Waals surface area (Å²) in [5.41, 5.74) is 2.59. The first kappa shape index (κ1) is 9.33. The first-order valence-corrected chi connectivity index (χ1v) is 4.19. The van der Waals surface area contributed by atoms with Gasteiger partial charge in [0.15, 0.2) is 0 Å². The van der Waals surface area contributed by atoms with Crippen LogP contribution in [-0.2, 0) is 0 Å². The molecule has 2 radical (unpaired) electrons. The summed E-state index contributed by atoms with van der Waals surface area (Å²) in [6, 6.07) is 5.73. The maximum atomic E-state index is 9.55. The molecule has 0 heterocycles. The molecule has 0 spiro atoms. The summed E-state index contributed by atoms with van der Waals surface area (Å²) < 4.78 is 0. The summed E-state index contributed by atoms with van der Waals surface area (Å²) in [6.45, 7) is 3.88. The van der Waals surface area contributed by atoms with E-state index in [1.165, 1.54) is 0 Å². The standard InChI is InChI=1S/C10H13BO/c1-3-9(12)8-6-4-5-7(2)10(8)11/h4-6,9,12H,3H2,1-2H3/t9-/m1/s1. The van der Waals surface area contributed by atoms with E-state index in [0.717, 1.165) is 11.1 Å². The van der Waals surface area contributed by atoms with E-state index in [1.54, 1.807) is 0 Å². The van der Waals surface area contributed by atoms with E-state index in [0.29, 0.717) is 11.9 Å². The molecular weight excluding hydrogens is 147 g/mol. The van der Waals surface area contributed by atoms with Crippen LogP contribution in [0.2, 0.25) is 0 Å². The lowest BCUT2D eigenvalue weighted by Crippen LogP contribution is -2.16. The zero-order valence-electron chi connectivity index (χ0n) is 7.54. The van der Waals surface area contributed by atoms with Crippen molar-refractivity contribution in [1.29, 1.82) is 0 Å². The molecule has 62 valence electrons. The van der Waals surface area contributed by atoms with Gasteiger partial charge in [-0.05, 0) is 18.9 Å². The molecule has 1 rings (SSSR count). The zero-order valence-corrected chi connectivity index (χ0v) is 7.54. The fraction of sp³-hybridized carbons (Fsp3) is 0.400. The molecule has 2 heteroatoms. The number of rotatable bonds is 2. The van der Waals surface area contributed by atoms with Gasteiger partial charge in [0.25, 0.3) is 0 Å². The lowest BCUT2D eigenvalue weighted by molar-refractivity contribution is 0.174. The van der Waals surface area contributed by atoms with Crippen LogP contribution in [0.4, 0.5) is 0 Å². The van der Waals surface area contributed by atoms with Gasteiger partial charge in [0, 0.05) is 0 Å². The van der Waals surface area contributed by atoms with E-state index in [-0.39, 0.29) is 0 Å².